The molecule has 0 aliphatic rings. The zero-order chi connectivity index (χ0) is 18.5. The molecule has 0 saturated carbocycles. The summed E-state index contributed by atoms with van der Waals surface area (Å²) in [6, 6.07) is 16.3. The van der Waals surface area contributed by atoms with Gasteiger partial charge in [-0.05, 0) is 23.8 Å². The lowest BCUT2D eigenvalue weighted by atomic mass is 10.1. The summed E-state index contributed by atoms with van der Waals surface area (Å²) in [7, 11) is 1.67. The molecule has 0 aliphatic heterocycles. The number of carbonyl (C=O) groups excluding carboxylic acids is 1. The number of hydrogen-bond donors (Lipinski definition) is 3. The molecule has 0 unspecified atom stereocenters. The highest BCUT2D eigenvalue weighted by atomic mass is 35.5. The average molecular weight is 365 g/mol. The molecule has 0 radical (unpaired) electrons. The molecule has 1 aromatic heterocycles. The van der Waals surface area contributed by atoms with Crippen LogP contribution in [0.5, 0.6) is 0 Å². The van der Waals surface area contributed by atoms with Gasteiger partial charge in [0.05, 0.1) is 21.8 Å². The molecule has 6 heteroatoms. The minimum atomic E-state index is -0.371. The summed E-state index contributed by atoms with van der Waals surface area (Å²) in [5.41, 5.74) is 2.04. The van der Waals surface area contributed by atoms with Crippen LogP contribution in [0.2, 0.25) is 5.02 Å². The molecule has 0 atom stereocenters. The molecule has 0 aliphatic carbocycles. The van der Waals surface area contributed by atoms with Crippen LogP contribution >= 0.6 is 11.6 Å². The molecular formula is C20H17ClN4O. The molecular weight excluding hydrogens is 348 g/mol. The number of halogens is 1. The van der Waals surface area contributed by atoms with Crippen molar-refractivity contribution in [2.24, 2.45) is 0 Å². The fourth-order valence-corrected chi connectivity index (χ4v) is 2.73. The van der Waals surface area contributed by atoms with Gasteiger partial charge in [-0.25, -0.2) is 0 Å². The van der Waals surface area contributed by atoms with E-state index < -0.39 is 0 Å². The van der Waals surface area contributed by atoms with Gasteiger partial charge in [-0.15, -0.1) is 0 Å². The molecule has 0 bridgehead atoms. The van der Waals surface area contributed by atoms with E-state index in [0.29, 0.717) is 21.9 Å². The number of rotatable bonds is 5. The van der Waals surface area contributed by atoms with Crippen LogP contribution in [-0.2, 0) is 0 Å². The molecule has 3 aromatic rings. The highest BCUT2D eigenvalue weighted by Gasteiger charge is 2.13. The predicted octanol–water partition coefficient (Wildman–Crippen LogP) is 3.75. The highest BCUT2D eigenvalue weighted by molar-refractivity contribution is 6.34. The Kier molecular flexibility index (Phi) is 5.29. The van der Waals surface area contributed by atoms with Gasteiger partial charge in [0.2, 0.25) is 0 Å². The van der Waals surface area contributed by atoms with Crippen molar-refractivity contribution in [3.63, 3.8) is 0 Å². The van der Waals surface area contributed by atoms with Crippen LogP contribution in [0.15, 0.2) is 72.7 Å². The first-order chi connectivity index (χ1) is 12.6. The SMILES string of the molecule is CN/C(=C\C(=N)c1ccccc1)NC(=O)c1cc2ncccc2cc1Cl. The van der Waals surface area contributed by atoms with Crippen molar-refractivity contribution in [1.82, 2.24) is 15.6 Å². The van der Waals surface area contributed by atoms with Crippen molar-refractivity contribution in [1.29, 1.82) is 5.41 Å². The number of carbonyl (C=O) groups is 1. The second-order valence-electron chi connectivity index (χ2n) is 5.57. The van der Waals surface area contributed by atoms with E-state index in [0.717, 1.165) is 10.9 Å². The van der Waals surface area contributed by atoms with Crippen molar-refractivity contribution in [3.8, 4) is 0 Å². The minimum Gasteiger partial charge on any atom is -0.375 e. The molecule has 0 saturated heterocycles. The number of nitrogens with zero attached hydrogens (tertiary/aromatic N) is 1. The van der Waals surface area contributed by atoms with Gasteiger partial charge >= 0.3 is 0 Å². The van der Waals surface area contributed by atoms with Crippen LogP contribution in [-0.4, -0.2) is 23.7 Å². The van der Waals surface area contributed by atoms with E-state index >= 15 is 0 Å². The third-order valence-corrected chi connectivity index (χ3v) is 4.14. The lowest BCUT2D eigenvalue weighted by Crippen LogP contribution is -2.30. The van der Waals surface area contributed by atoms with Gasteiger partial charge < -0.3 is 16.0 Å². The molecule has 3 N–H and O–H groups in total. The molecule has 2 aromatic carbocycles. The van der Waals surface area contributed by atoms with Crippen molar-refractivity contribution >= 4 is 34.1 Å². The van der Waals surface area contributed by atoms with Gasteiger partial charge in [0, 0.05) is 24.7 Å². The van der Waals surface area contributed by atoms with Gasteiger partial charge in [-0.2, -0.15) is 0 Å². The zero-order valence-corrected chi connectivity index (χ0v) is 14.8. The topological polar surface area (TPSA) is 77.9 Å². The first-order valence-electron chi connectivity index (χ1n) is 7.97. The molecule has 26 heavy (non-hydrogen) atoms. The second-order valence-corrected chi connectivity index (χ2v) is 5.98. The van der Waals surface area contributed by atoms with E-state index in [1.807, 2.05) is 42.5 Å². The van der Waals surface area contributed by atoms with Crippen LogP contribution in [0.25, 0.3) is 10.9 Å². The summed E-state index contributed by atoms with van der Waals surface area (Å²) in [5, 5.41) is 15.0. The van der Waals surface area contributed by atoms with Crippen LogP contribution in [0, 0.1) is 5.41 Å². The highest BCUT2D eigenvalue weighted by Crippen LogP contribution is 2.22. The molecule has 5 nitrogen and oxygen atoms in total. The van der Waals surface area contributed by atoms with E-state index in [9.17, 15) is 4.79 Å². The van der Waals surface area contributed by atoms with Crippen LogP contribution in [0.1, 0.15) is 15.9 Å². The molecule has 130 valence electrons. The summed E-state index contributed by atoms with van der Waals surface area (Å²) in [4.78, 5) is 16.9. The Hall–Kier alpha value is -3.18. The predicted molar refractivity (Wildman–Crippen MR) is 105 cm³/mol. The monoisotopic (exact) mass is 364 g/mol. The van der Waals surface area contributed by atoms with Gasteiger partial charge in [-0.3, -0.25) is 9.78 Å². The summed E-state index contributed by atoms with van der Waals surface area (Å²) >= 11 is 6.26. The van der Waals surface area contributed by atoms with E-state index in [1.165, 1.54) is 0 Å². The number of pyridine rings is 1. The second kappa shape index (κ2) is 7.80. The number of hydrogen-bond acceptors (Lipinski definition) is 4. The number of nitrogens with one attached hydrogen (secondary N) is 3. The van der Waals surface area contributed by atoms with E-state index in [-0.39, 0.29) is 11.6 Å². The summed E-state index contributed by atoms with van der Waals surface area (Å²) in [6.07, 6.45) is 3.22. The molecule has 1 heterocycles. The fraction of sp³-hybridized carbons (Fsp3) is 0.0500. The molecule has 0 fully saturated rings. The van der Waals surface area contributed by atoms with Gasteiger partial charge in [0.25, 0.3) is 5.91 Å². The zero-order valence-electron chi connectivity index (χ0n) is 14.1. The van der Waals surface area contributed by atoms with Gasteiger partial charge in [0.15, 0.2) is 0 Å². The number of fused-ring (bicyclic) bond motifs is 1. The van der Waals surface area contributed by atoms with E-state index in [1.54, 1.807) is 31.5 Å². The first kappa shape index (κ1) is 17.6. The number of allylic oxidation sites excluding steroid dienone is 1. The van der Waals surface area contributed by atoms with Gasteiger partial charge in [-0.1, -0.05) is 48.0 Å². The standard InChI is InChI=1S/C20H17ClN4O/c1-23-19(12-17(22)13-6-3-2-4-7-13)25-20(26)15-11-18-14(10-16(15)21)8-5-9-24-18/h2-12,22-23H,1H3,(H,25,26)/b19-12+,22-17?. The third-order valence-electron chi connectivity index (χ3n) is 3.83. The number of benzene rings is 2. The third kappa shape index (κ3) is 3.90. The fourth-order valence-electron chi connectivity index (χ4n) is 2.47. The Bertz CT molecular complexity index is 999. The Morgan fingerprint density at radius 3 is 2.65 bits per heavy atom. The van der Waals surface area contributed by atoms with Crippen molar-refractivity contribution in [3.05, 3.63) is 88.8 Å². The number of amides is 1. The maximum absolute atomic E-state index is 12.6. The lowest BCUT2D eigenvalue weighted by molar-refractivity contribution is 0.0964. The maximum Gasteiger partial charge on any atom is 0.258 e. The van der Waals surface area contributed by atoms with Crippen molar-refractivity contribution in [2.75, 3.05) is 7.05 Å². The van der Waals surface area contributed by atoms with Gasteiger partial charge in [0.1, 0.15) is 5.82 Å². The van der Waals surface area contributed by atoms with Crippen molar-refractivity contribution in [2.45, 2.75) is 0 Å². The summed E-state index contributed by atoms with van der Waals surface area (Å²) < 4.78 is 0. The summed E-state index contributed by atoms with van der Waals surface area (Å²) in [6.45, 7) is 0. The lowest BCUT2D eigenvalue weighted by Gasteiger charge is -2.11. The Morgan fingerprint density at radius 2 is 1.92 bits per heavy atom. The maximum atomic E-state index is 12.6. The Labute approximate surface area is 156 Å². The van der Waals surface area contributed by atoms with Crippen LogP contribution in [0.4, 0.5) is 0 Å². The Balaban J connectivity index is 1.84. The molecule has 1 amide bonds. The normalized spacial score (nSPS) is 11.2. The molecule has 0 spiro atoms. The first-order valence-corrected chi connectivity index (χ1v) is 8.35. The average Bonchev–Trinajstić information content (AvgIpc) is 2.67. The van der Waals surface area contributed by atoms with Crippen LogP contribution < -0.4 is 10.6 Å². The van der Waals surface area contributed by atoms with Crippen molar-refractivity contribution < 1.29 is 4.79 Å². The van der Waals surface area contributed by atoms with E-state index in [2.05, 4.69) is 15.6 Å². The van der Waals surface area contributed by atoms with Crippen LogP contribution in [0.3, 0.4) is 0 Å². The smallest absolute Gasteiger partial charge is 0.258 e. The number of aromatic nitrogens is 1. The summed E-state index contributed by atoms with van der Waals surface area (Å²) in [5.74, 6) is 0.0325. The molecule has 3 rings (SSSR count). The largest absolute Gasteiger partial charge is 0.375 e. The Morgan fingerprint density at radius 1 is 1.15 bits per heavy atom. The minimum absolute atomic E-state index is 0.279. The quantitative estimate of drug-likeness (QED) is 0.603. The van der Waals surface area contributed by atoms with E-state index in [4.69, 9.17) is 17.0 Å².